The standard InChI is InChI=1S/C9H7N7S2/c1-4-5-8(11-2-12-9(5)18-15-4)16-3-13-7(14-16)6(10)17/h2-3H,1H3,(H2,10,17). The van der Waals surface area contributed by atoms with Crippen LogP contribution >= 0.6 is 23.8 Å². The van der Waals surface area contributed by atoms with Gasteiger partial charge < -0.3 is 5.73 Å². The molecule has 3 heterocycles. The fraction of sp³-hybridized carbons (Fsp3) is 0.111. The Labute approximate surface area is 111 Å². The van der Waals surface area contributed by atoms with Crippen LogP contribution in [0.4, 0.5) is 0 Å². The van der Waals surface area contributed by atoms with Gasteiger partial charge in [-0.05, 0) is 18.5 Å². The van der Waals surface area contributed by atoms with Crippen LogP contribution in [-0.4, -0.2) is 34.1 Å². The Morgan fingerprint density at radius 1 is 1.39 bits per heavy atom. The molecular weight excluding hydrogens is 270 g/mol. The van der Waals surface area contributed by atoms with E-state index in [9.17, 15) is 0 Å². The summed E-state index contributed by atoms with van der Waals surface area (Å²) in [5.74, 6) is 0.943. The van der Waals surface area contributed by atoms with E-state index in [1.165, 1.54) is 28.9 Å². The number of hydrogen-bond acceptors (Lipinski definition) is 7. The molecule has 0 unspecified atom stereocenters. The summed E-state index contributed by atoms with van der Waals surface area (Å²) in [5, 5.41) is 5.04. The molecule has 0 aromatic carbocycles. The molecule has 90 valence electrons. The first-order chi connectivity index (χ1) is 8.66. The third-order valence-corrected chi connectivity index (χ3v) is 3.38. The van der Waals surface area contributed by atoms with E-state index in [2.05, 4.69) is 24.4 Å². The van der Waals surface area contributed by atoms with Gasteiger partial charge in [0.05, 0.1) is 11.1 Å². The first-order valence-corrected chi connectivity index (χ1v) is 6.14. The van der Waals surface area contributed by atoms with Crippen molar-refractivity contribution in [2.75, 3.05) is 0 Å². The van der Waals surface area contributed by atoms with E-state index in [-0.39, 0.29) is 4.99 Å². The molecule has 0 radical (unpaired) electrons. The highest BCUT2D eigenvalue weighted by atomic mass is 32.1. The average molecular weight is 277 g/mol. The molecular formula is C9H7N7S2. The Morgan fingerprint density at radius 2 is 2.22 bits per heavy atom. The number of nitrogens with two attached hydrogens (primary N) is 1. The SMILES string of the molecule is Cc1nsc2ncnc(-n3cnc(C(N)=S)n3)c12. The minimum absolute atomic E-state index is 0.152. The number of aromatic nitrogens is 6. The first kappa shape index (κ1) is 11.1. The van der Waals surface area contributed by atoms with Gasteiger partial charge in [-0.15, -0.1) is 5.10 Å². The maximum absolute atomic E-state index is 5.48. The van der Waals surface area contributed by atoms with Crippen molar-refractivity contribution in [3.63, 3.8) is 0 Å². The van der Waals surface area contributed by atoms with E-state index >= 15 is 0 Å². The minimum atomic E-state index is 0.152. The molecule has 0 saturated heterocycles. The number of thiocarbonyl (C=S) groups is 1. The monoisotopic (exact) mass is 277 g/mol. The second-order valence-corrected chi connectivity index (χ2v) is 4.71. The molecule has 0 fully saturated rings. The molecule has 9 heteroatoms. The van der Waals surface area contributed by atoms with Gasteiger partial charge in [-0.3, -0.25) is 0 Å². The van der Waals surface area contributed by atoms with Gasteiger partial charge in [0, 0.05) is 0 Å². The van der Waals surface area contributed by atoms with E-state index in [1.54, 1.807) is 0 Å². The highest BCUT2D eigenvalue weighted by Crippen LogP contribution is 2.24. The fourth-order valence-corrected chi connectivity index (χ4v) is 2.39. The Morgan fingerprint density at radius 3 is 2.94 bits per heavy atom. The second kappa shape index (κ2) is 4.03. The lowest BCUT2D eigenvalue weighted by Gasteiger charge is -2.00. The lowest BCUT2D eigenvalue weighted by atomic mass is 10.3. The molecule has 3 aromatic rings. The average Bonchev–Trinajstić information content (AvgIpc) is 2.96. The summed E-state index contributed by atoms with van der Waals surface area (Å²) in [6, 6.07) is 0. The molecule has 0 spiro atoms. The van der Waals surface area contributed by atoms with Crippen molar-refractivity contribution in [3.05, 3.63) is 24.2 Å². The van der Waals surface area contributed by atoms with E-state index in [0.717, 1.165) is 15.9 Å². The molecule has 0 bridgehead atoms. The molecule has 3 aromatic heterocycles. The lowest BCUT2D eigenvalue weighted by Crippen LogP contribution is -2.12. The van der Waals surface area contributed by atoms with E-state index in [4.69, 9.17) is 18.0 Å². The number of hydrogen-bond donors (Lipinski definition) is 1. The van der Waals surface area contributed by atoms with Crippen molar-refractivity contribution >= 4 is 39.0 Å². The molecule has 3 rings (SSSR count). The lowest BCUT2D eigenvalue weighted by molar-refractivity contribution is 0.846. The topological polar surface area (TPSA) is 95.4 Å². The third kappa shape index (κ3) is 1.64. The first-order valence-electron chi connectivity index (χ1n) is 4.95. The molecule has 2 N–H and O–H groups in total. The third-order valence-electron chi connectivity index (χ3n) is 2.35. The van der Waals surface area contributed by atoms with Gasteiger partial charge in [-0.25, -0.2) is 19.6 Å². The molecule has 0 aliphatic rings. The fourth-order valence-electron chi connectivity index (χ4n) is 1.56. The maximum Gasteiger partial charge on any atom is 0.208 e. The van der Waals surface area contributed by atoms with E-state index < -0.39 is 0 Å². The van der Waals surface area contributed by atoms with Crippen molar-refractivity contribution in [3.8, 4) is 5.82 Å². The molecule has 7 nitrogen and oxygen atoms in total. The van der Waals surface area contributed by atoms with Crippen molar-refractivity contribution in [2.24, 2.45) is 5.73 Å². The summed E-state index contributed by atoms with van der Waals surface area (Å²) < 4.78 is 5.78. The van der Waals surface area contributed by atoms with Crippen LogP contribution in [0.15, 0.2) is 12.7 Å². The van der Waals surface area contributed by atoms with Crippen LogP contribution in [0, 0.1) is 6.92 Å². The zero-order valence-corrected chi connectivity index (χ0v) is 10.9. The van der Waals surface area contributed by atoms with Crippen molar-refractivity contribution in [1.29, 1.82) is 0 Å². The predicted molar refractivity (Wildman–Crippen MR) is 70.8 cm³/mol. The van der Waals surface area contributed by atoms with Gasteiger partial charge >= 0.3 is 0 Å². The normalized spacial score (nSPS) is 10.9. The molecule has 0 amide bonds. The molecule has 18 heavy (non-hydrogen) atoms. The zero-order valence-electron chi connectivity index (χ0n) is 9.23. The minimum Gasteiger partial charge on any atom is -0.387 e. The van der Waals surface area contributed by atoms with Gasteiger partial charge in [0.2, 0.25) is 5.82 Å². The van der Waals surface area contributed by atoms with Gasteiger partial charge in [0.1, 0.15) is 22.5 Å². The van der Waals surface area contributed by atoms with Gasteiger partial charge in [0.25, 0.3) is 0 Å². The predicted octanol–water partition coefficient (Wildman–Crippen LogP) is 0.610. The van der Waals surface area contributed by atoms with E-state index in [1.807, 2.05) is 6.92 Å². The smallest absolute Gasteiger partial charge is 0.208 e. The summed E-state index contributed by atoms with van der Waals surface area (Å²) in [5.41, 5.74) is 6.34. The Kier molecular flexibility index (Phi) is 2.49. The second-order valence-electron chi connectivity index (χ2n) is 3.52. The maximum atomic E-state index is 5.48. The Hall–Kier alpha value is -2.00. The van der Waals surface area contributed by atoms with Gasteiger partial charge in [0.15, 0.2) is 5.82 Å². The van der Waals surface area contributed by atoms with Crippen LogP contribution < -0.4 is 5.73 Å². The molecule has 0 saturated carbocycles. The van der Waals surface area contributed by atoms with Gasteiger partial charge in [-0.2, -0.15) is 4.37 Å². The summed E-state index contributed by atoms with van der Waals surface area (Å²) in [7, 11) is 0. The largest absolute Gasteiger partial charge is 0.387 e. The molecule has 0 aliphatic heterocycles. The molecule has 0 atom stereocenters. The summed E-state index contributed by atoms with van der Waals surface area (Å²) in [6.45, 7) is 1.90. The van der Waals surface area contributed by atoms with Crippen molar-refractivity contribution in [2.45, 2.75) is 6.92 Å². The summed E-state index contributed by atoms with van der Waals surface area (Å²) in [4.78, 5) is 13.4. The Balaban J connectivity index is 2.24. The van der Waals surface area contributed by atoms with Crippen LogP contribution in [0.3, 0.4) is 0 Å². The summed E-state index contributed by atoms with van der Waals surface area (Å²) >= 11 is 6.15. The van der Waals surface area contributed by atoms with Crippen molar-refractivity contribution < 1.29 is 0 Å². The number of rotatable bonds is 2. The number of nitrogens with zero attached hydrogens (tertiary/aromatic N) is 6. The summed E-state index contributed by atoms with van der Waals surface area (Å²) in [6.07, 6.45) is 2.99. The van der Waals surface area contributed by atoms with Crippen LogP contribution in [0.2, 0.25) is 0 Å². The van der Waals surface area contributed by atoms with Crippen molar-refractivity contribution in [1.82, 2.24) is 29.1 Å². The molecule has 0 aliphatic carbocycles. The van der Waals surface area contributed by atoms with Crippen LogP contribution in [0.1, 0.15) is 11.5 Å². The van der Waals surface area contributed by atoms with Crippen LogP contribution in [0.25, 0.3) is 16.0 Å². The number of fused-ring (bicyclic) bond motifs is 1. The van der Waals surface area contributed by atoms with Gasteiger partial charge in [-0.1, -0.05) is 12.2 Å². The van der Waals surface area contributed by atoms with E-state index in [0.29, 0.717) is 11.6 Å². The quantitative estimate of drug-likeness (QED) is 0.685. The number of aryl methyl sites for hydroxylation is 1. The highest BCUT2D eigenvalue weighted by molar-refractivity contribution is 7.80. The van der Waals surface area contributed by atoms with Crippen LogP contribution in [-0.2, 0) is 0 Å². The van der Waals surface area contributed by atoms with Crippen LogP contribution in [0.5, 0.6) is 0 Å². The highest BCUT2D eigenvalue weighted by Gasteiger charge is 2.13. The Bertz CT molecular complexity index is 744. The zero-order chi connectivity index (χ0) is 12.7.